The van der Waals surface area contributed by atoms with Gasteiger partial charge in [-0.05, 0) is 24.3 Å². The summed E-state index contributed by atoms with van der Waals surface area (Å²) < 4.78 is 1.95. The molecule has 20 heavy (non-hydrogen) atoms. The van der Waals surface area contributed by atoms with Crippen LogP contribution < -0.4 is 0 Å². The van der Waals surface area contributed by atoms with Crippen molar-refractivity contribution in [2.24, 2.45) is 0 Å². The first kappa shape index (κ1) is 12.6. The summed E-state index contributed by atoms with van der Waals surface area (Å²) in [5.41, 5.74) is 1.10. The smallest absolute Gasteiger partial charge is 0.328 e. The molecule has 2 heterocycles. The number of carboxylic acid groups (broad SMARTS) is 1. The van der Waals surface area contributed by atoms with Crippen molar-refractivity contribution in [1.82, 2.24) is 9.78 Å². The second-order valence-corrected chi connectivity index (χ2v) is 5.54. The molecule has 1 aromatic carbocycles. The molecule has 3 aromatic rings. The van der Waals surface area contributed by atoms with Crippen LogP contribution >= 0.6 is 11.3 Å². The monoisotopic (exact) mass is 284 g/mol. The van der Waals surface area contributed by atoms with Crippen molar-refractivity contribution in [3.05, 3.63) is 58.4 Å². The largest absolute Gasteiger partial charge is 0.478 e. The number of benzene rings is 1. The van der Waals surface area contributed by atoms with Crippen molar-refractivity contribution < 1.29 is 9.90 Å². The van der Waals surface area contributed by atoms with Crippen LogP contribution in [0.1, 0.15) is 9.75 Å². The lowest BCUT2D eigenvalue weighted by Gasteiger charge is -2.00. The molecule has 0 spiro atoms. The molecule has 3 rings (SSSR count). The highest BCUT2D eigenvalue weighted by Crippen LogP contribution is 2.21. The predicted octanol–water partition coefficient (Wildman–Crippen LogP) is 3.24. The van der Waals surface area contributed by atoms with Gasteiger partial charge in [-0.1, -0.05) is 18.2 Å². The second-order valence-electron chi connectivity index (χ2n) is 4.34. The number of nitrogens with zero attached hydrogens (tertiary/aromatic N) is 2. The van der Waals surface area contributed by atoms with Crippen LogP contribution in [0.5, 0.6) is 0 Å². The van der Waals surface area contributed by atoms with Crippen LogP contribution in [0.3, 0.4) is 0 Å². The van der Waals surface area contributed by atoms with Gasteiger partial charge in [-0.3, -0.25) is 4.68 Å². The molecule has 1 N–H and O–H groups in total. The summed E-state index contributed by atoms with van der Waals surface area (Å²) in [7, 11) is 0. The molecule has 0 unspecified atom stereocenters. The molecule has 0 bridgehead atoms. The van der Waals surface area contributed by atoms with Gasteiger partial charge in [0.25, 0.3) is 0 Å². The number of hydrogen-bond donors (Lipinski definition) is 1. The van der Waals surface area contributed by atoms with E-state index < -0.39 is 5.97 Å². The van der Waals surface area contributed by atoms with Crippen molar-refractivity contribution in [3.8, 4) is 0 Å². The van der Waals surface area contributed by atoms with E-state index in [0.29, 0.717) is 6.54 Å². The SMILES string of the molecule is O=C(O)C=Cc1ccc(Cn2ncc3ccccc32)s1. The zero-order chi connectivity index (χ0) is 13.9. The van der Waals surface area contributed by atoms with E-state index in [2.05, 4.69) is 5.10 Å². The van der Waals surface area contributed by atoms with Gasteiger partial charge in [-0.15, -0.1) is 11.3 Å². The maximum absolute atomic E-state index is 10.5. The highest BCUT2D eigenvalue weighted by molar-refractivity contribution is 7.12. The summed E-state index contributed by atoms with van der Waals surface area (Å²) >= 11 is 1.57. The standard InChI is InChI=1S/C15H12N2O2S/c18-15(19)8-7-12-5-6-13(20-12)10-17-14-4-2-1-3-11(14)9-16-17/h1-9H,10H2,(H,18,19). The Morgan fingerprint density at radius 3 is 3.00 bits per heavy atom. The predicted molar refractivity (Wildman–Crippen MR) is 79.8 cm³/mol. The van der Waals surface area contributed by atoms with Crippen molar-refractivity contribution in [1.29, 1.82) is 0 Å². The normalized spacial score (nSPS) is 11.4. The summed E-state index contributed by atoms with van der Waals surface area (Å²) in [6, 6.07) is 12.0. The van der Waals surface area contributed by atoms with Crippen molar-refractivity contribution in [3.63, 3.8) is 0 Å². The number of carboxylic acids is 1. The van der Waals surface area contributed by atoms with Crippen LogP contribution in [0.2, 0.25) is 0 Å². The molecular formula is C15H12N2O2S. The fourth-order valence-electron chi connectivity index (χ4n) is 2.02. The van der Waals surface area contributed by atoms with Gasteiger partial charge in [0.15, 0.2) is 0 Å². The summed E-state index contributed by atoms with van der Waals surface area (Å²) in [6.07, 6.45) is 4.62. The fourth-order valence-corrected chi connectivity index (χ4v) is 2.92. The number of rotatable bonds is 4. The zero-order valence-corrected chi connectivity index (χ0v) is 11.4. The molecule has 0 saturated carbocycles. The Bertz CT molecular complexity index is 786. The molecule has 0 aliphatic heterocycles. The molecule has 100 valence electrons. The van der Waals surface area contributed by atoms with E-state index in [0.717, 1.165) is 26.7 Å². The van der Waals surface area contributed by atoms with Gasteiger partial charge in [0, 0.05) is 21.2 Å². The van der Waals surface area contributed by atoms with E-state index in [4.69, 9.17) is 5.11 Å². The molecule has 4 nitrogen and oxygen atoms in total. The van der Waals surface area contributed by atoms with Crippen molar-refractivity contribution in [2.45, 2.75) is 6.54 Å². The minimum absolute atomic E-state index is 0.694. The maximum Gasteiger partial charge on any atom is 0.328 e. The van der Waals surface area contributed by atoms with Crippen molar-refractivity contribution >= 4 is 34.3 Å². The van der Waals surface area contributed by atoms with Gasteiger partial charge >= 0.3 is 5.97 Å². The molecule has 5 heteroatoms. The first-order valence-corrected chi connectivity index (χ1v) is 6.94. The van der Waals surface area contributed by atoms with E-state index in [-0.39, 0.29) is 0 Å². The Balaban J connectivity index is 1.83. The molecule has 0 atom stereocenters. The van der Waals surface area contributed by atoms with E-state index in [9.17, 15) is 4.79 Å². The Morgan fingerprint density at radius 1 is 1.30 bits per heavy atom. The van der Waals surface area contributed by atoms with Gasteiger partial charge in [0.1, 0.15) is 0 Å². The van der Waals surface area contributed by atoms with Gasteiger partial charge < -0.3 is 5.11 Å². The van der Waals surface area contributed by atoms with Crippen LogP contribution in [-0.4, -0.2) is 20.9 Å². The molecule has 0 aliphatic rings. The fraction of sp³-hybridized carbons (Fsp3) is 0.0667. The Morgan fingerprint density at radius 2 is 2.15 bits per heavy atom. The topological polar surface area (TPSA) is 55.1 Å². The zero-order valence-electron chi connectivity index (χ0n) is 10.6. The van der Waals surface area contributed by atoms with E-state index in [1.807, 2.05) is 47.3 Å². The maximum atomic E-state index is 10.5. The lowest BCUT2D eigenvalue weighted by molar-refractivity contribution is -0.131. The van der Waals surface area contributed by atoms with Gasteiger partial charge in [0.05, 0.1) is 18.3 Å². The van der Waals surface area contributed by atoms with E-state index in [1.165, 1.54) is 0 Å². The van der Waals surface area contributed by atoms with Crippen LogP contribution in [0, 0.1) is 0 Å². The van der Waals surface area contributed by atoms with Gasteiger partial charge in [0.2, 0.25) is 0 Å². The molecular weight excluding hydrogens is 272 g/mol. The van der Waals surface area contributed by atoms with Crippen LogP contribution in [0.25, 0.3) is 17.0 Å². The number of fused-ring (bicyclic) bond motifs is 1. The average molecular weight is 284 g/mol. The van der Waals surface area contributed by atoms with Crippen LogP contribution in [-0.2, 0) is 11.3 Å². The van der Waals surface area contributed by atoms with E-state index >= 15 is 0 Å². The van der Waals surface area contributed by atoms with Crippen molar-refractivity contribution in [2.75, 3.05) is 0 Å². The van der Waals surface area contributed by atoms with Gasteiger partial charge in [-0.25, -0.2) is 4.79 Å². The van der Waals surface area contributed by atoms with Crippen LogP contribution in [0.4, 0.5) is 0 Å². The minimum atomic E-state index is -0.932. The summed E-state index contributed by atoms with van der Waals surface area (Å²) in [4.78, 5) is 12.6. The lowest BCUT2D eigenvalue weighted by atomic mass is 10.2. The highest BCUT2D eigenvalue weighted by Gasteiger charge is 2.04. The molecule has 0 aliphatic carbocycles. The quantitative estimate of drug-likeness (QED) is 0.748. The van der Waals surface area contributed by atoms with Crippen LogP contribution in [0.15, 0.2) is 48.7 Å². The highest BCUT2D eigenvalue weighted by atomic mass is 32.1. The Kier molecular flexibility index (Phi) is 3.35. The lowest BCUT2D eigenvalue weighted by Crippen LogP contribution is -1.98. The minimum Gasteiger partial charge on any atom is -0.478 e. The second kappa shape index (κ2) is 5.30. The number of aromatic nitrogens is 2. The number of aliphatic carboxylic acids is 1. The molecule has 0 amide bonds. The first-order chi connectivity index (χ1) is 9.72. The Labute approximate surface area is 119 Å². The average Bonchev–Trinajstić information content (AvgIpc) is 3.05. The number of thiophene rings is 1. The first-order valence-electron chi connectivity index (χ1n) is 6.12. The third-order valence-electron chi connectivity index (χ3n) is 2.93. The summed E-state index contributed by atoms with van der Waals surface area (Å²) in [5.74, 6) is -0.932. The summed E-state index contributed by atoms with van der Waals surface area (Å²) in [6.45, 7) is 0.694. The van der Waals surface area contributed by atoms with Gasteiger partial charge in [-0.2, -0.15) is 5.10 Å². The Hall–Kier alpha value is -2.40. The molecule has 0 radical (unpaired) electrons. The third-order valence-corrected chi connectivity index (χ3v) is 3.96. The number of para-hydroxylation sites is 1. The molecule has 2 aromatic heterocycles. The number of carbonyl (C=O) groups is 1. The summed E-state index contributed by atoms with van der Waals surface area (Å²) in [5, 5.41) is 14.1. The molecule has 0 saturated heterocycles. The van der Waals surface area contributed by atoms with E-state index in [1.54, 1.807) is 17.4 Å². The number of hydrogen-bond acceptors (Lipinski definition) is 3. The molecule has 0 fully saturated rings. The third kappa shape index (κ3) is 2.62.